The van der Waals surface area contributed by atoms with Crippen molar-refractivity contribution in [2.45, 2.75) is 6.42 Å². The molecule has 0 atom stereocenters. The largest absolute Gasteiger partial charge is 0.426 e. The van der Waals surface area contributed by atoms with E-state index < -0.39 is 0 Å². The number of ketones is 1. The van der Waals surface area contributed by atoms with Crippen LogP contribution in [0.2, 0.25) is 5.02 Å². The van der Waals surface area contributed by atoms with Crippen molar-refractivity contribution in [1.29, 1.82) is 0 Å². The number of halogens is 1. The minimum Gasteiger partial charge on any atom is -0.426 e. The Labute approximate surface area is 150 Å². The molecule has 0 aliphatic rings. The average Bonchev–Trinajstić information content (AvgIpc) is 2.64. The molecule has 124 valence electrons. The number of benzene rings is 3. The topological polar surface area (TPSA) is 43.4 Å². The Hall–Kier alpha value is -2.91. The summed E-state index contributed by atoms with van der Waals surface area (Å²) in [7, 11) is 0. The highest BCUT2D eigenvalue weighted by molar-refractivity contribution is 6.30. The first-order valence-corrected chi connectivity index (χ1v) is 8.14. The fraction of sp³-hybridized carbons (Fsp3) is 0.0476. The van der Waals surface area contributed by atoms with Gasteiger partial charge in [0, 0.05) is 16.1 Å². The highest BCUT2D eigenvalue weighted by Gasteiger charge is 2.10. The molecule has 0 unspecified atom stereocenters. The van der Waals surface area contributed by atoms with Crippen molar-refractivity contribution in [1.82, 2.24) is 0 Å². The Morgan fingerprint density at radius 3 is 2.00 bits per heavy atom. The van der Waals surface area contributed by atoms with Gasteiger partial charge in [0.15, 0.2) is 5.78 Å². The first-order valence-electron chi connectivity index (χ1n) is 7.77. The molecule has 4 heteroatoms. The van der Waals surface area contributed by atoms with Gasteiger partial charge in [0.05, 0.1) is 6.42 Å². The molecule has 3 rings (SSSR count). The summed E-state index contributed by atoms with van der Waals surface area (Å²) in [5.74, 6) is -0.0346. The van der Waals surface area contributed by atoms with E-state index in [0.29, 0.717) is 21.9 Å². The predicted octanol–water partition coefficient (Wildman–Crippen LogP) is 4.72. The number of carbonyl (C=O) groups excluding carboxylic acids is 2. The van der Waals surface area contributed by atoms with Crippen LogP contribution in [0.5, 0.6) is 5.75 Å². The lowest BCUT2D eigenvalue weighted by atomic mass is 10.0. The summed E-state index contributed by atoms with van der Waals surface area (Å²) in [6.07, 6.45) is 0.155. The lowest BCUT2D eigenvalue weighted by Crippen LogP contribution is -2.11. The third-order valence-electron chi connectivity index (χ3n) is 3.65. The molecule has 0 saturated heterocycles. The molecule has 0 saturated carbocycles. The number of rotatable bonds is 5. The zero-order valence-corrected chi connectivity index (χ0v) is 14.1. The van der Waals surface area contributed by atoms with Crippen molar-refractivity contribution < 1.29 is 14.3 Å². The number of carbonyl (C=O) groups is 2. The van der Waals surface area contributed by atoms with Crippen LogP contribution in [0.1, 0.15) is 21.5 Å². The van der Waals surface area contributed by atoms with E-state index in [1.807, 2.05) is 18.2 Å². The Morgan fingerprint density at radius 2 is 1.36 bits per heavy atom. The van der Waals surface area contributed by atoms with E-state index in [9.17, 15) is 9.59 Å². The van der Waals surface area contributed by atoms with Gasteiger partial charge in [0.2, 0.25) is 0 Å². The first kappa shape index (κ1) is 16.9. The maximum absolute atomic E-state index is 12.3. The first-order chi connectivity index (χ1) is 12.1. The minimum atomic E-state index is -0.371. The molecule has 0 radical (unpaired) electrons. The monoisotopic (exact) mass is 350 g/mol. The van der Waals surface area contributed by atoms with E-state index in [-0.39, 0.29) is 18.2 Å². The van der Waals surface area contributed by atoms with Crippen LogP contribution in [0, 0.1) is 0 Å². The van der Waals surface area contributed by atoms with E-state index in [1.165, 1.54) is 0 Å². The van der Waals surface area contributed by atoms with Gasteiger partial charge in [-0.1, -0.05) is 54.1 Å². The smallest absolute Gasteiger partial charge is 0.315 e. The summed E-state index contributed by atoms with van der Waals surface area (Å²) in [4.78, 5) is 24.3. The highest BCUT2D eigenvalue weighted by Crippen LogP contribution is 2.17. The summed E-state index contributed by atoms with van der Waals surface area (Å²) in [5, 5.41) is 0.621. The Kier molecular flexibility index (Phi) is 5.26. The number of ether oxygens (including phenoxy) is 1. The van der Waals surface area contributed by atoms with E-state index in [2.05, 4.69) is 0 Å². The van der Waals surface area contributed by atoms with Crippen molar-refractivity contribution in [3.05, 3.63) is 101 Å². The van der Waals surface area contributed by atoms with E-state index in [1.54, 1.807) is 60.7 Å². The van der Waals surface area contributed by atoms with Crippen molar-refractivity contribution >= 4 is 23.4 Å². The molecule has 3 aromatic rings. The van der Waals surface area contributed by atoms with Crippen LogP contribution in [0.15, 0.2) is 78.9 Å². The lowest BCUT2D eigenvalue weighted by molar-refractivity contribution is -0.133. The maximum atomic E-state index is 12.3. The number of hydrogen-bond acceptors (Lipinski definition) is 3. The van der Waals surface area contributed by atoms with Gasteiger partial charge < -0.3 is 4.74 Å². The molecular formula is C21H15ClO3. The van der Waals surface area contributed by atoms with E-state index in [4.69, 9.17) is 16.3 Å². The van der Waals surface area contributed by atoms with Crippen molar-refractivity contribution in [3.8, 4) is 5.75 Å². The zero-order valence-electron chi connectivity index (χ0n) is 13.3. The average molecular weight is 351 g/mol. The van der Waals surface area contributed by atoms with Gasteiger partial charge in [0.1, 0.15) is 5.75 Å². The van der Waals surface area contributed by atoms with Gasteiger partial charge in [-0.05, 0) is 42.0 Å². The fourth-order valence-electron chi connectivity index (χ4n) is 2.37. The molecule has 0 bridgehead atoms. The molecule has 25 heavy (non-hydrogen) atoms. The van der Waals surface area contributed by atoms with Crippen molar-refractivity contribution in [2.75, 3.05) is 0 Å². The maximum Gasteiger partial charge on any atom is 0.315 e. The number of hydrogen-bond donors (Lipinski definition) is 0. The van der Waals surface area contributed by atoms with Crippen LogP contribution in [-0.4, -0.2) is 11.8 Å². The summed E-state index contributed by atoms with van der Waals surface area (Å²) in [6, 6.07) is 22.6. The third-order valence-corrected chi connectivity index (χ3v) is 3.90. The standard InChI is InChI=1S/C21H15ClO3/c22-18-10-6-15(7-11-18)14-20(23)25-19-12-8-17(9-13-19)21(24)16-4-2-1-3-5-16/h1-13H,14H2. The third kappa shape index (κ3) is 4.55. The molecular weight excluding hydrogens is 336 g/mol. The minimum absolute atomic E-state index is 0.0698. The quantitative estimate of drug-likeness (QED) is 0.380. The summed E-state index contributed by atoms with van der Waals surface area (Å²) in [5.41, 5.74) is 1.99. The molecule has 0 aliphatic carbocycles. The van der Waals surface area contributed by atoms with Gasteiger partial charge in [0.25, 0.3) is 0 Å². The second kappa shape index (κ2) is 7.77. The Balaban J connectivity index is 1.63. The molecule has 3 aromatic carbocycles. The van der Waals surface area contributed by atoms with Crippen LogP contribution < -0.4 is 4.74 Å². The predicted molar refractivity (Wildman–Crippen MR) is 97.1 cm³/mol. The molecule has 0 spiro atoms. The normalized spacial score (nSPS) is 10.3. The SMILES string of the molecule is O=C(Cc1ccc(Cl)cc1)Oc1ccc(C(=O)c2ccccc2)cc1. The van der Waals surface area contributed by atoms with Crippen molar-refractivity contribution in [2.24, 2.45) is 0 Å². The van der Waals surface area contributed by atoms with Crippen LogP contribution >= 0.6 is 11.6 Å². The van der Waals surface area contributed by atoms with Crippen LogP contribution in [0.4, 0.5) is 0 Å². The summed E-state index contributed by atoms with van der Waals surface area (Å²) < 4.78 is 5.31. The van der Waals surface area contributed by atoms with Gasteiger partial charge in [-0.3, -0.25) is 9.59 Å². The van der Waals surface area contributed by atoms with E-state index in [0.717, 1.165) is 5.56 Å². The molecule has 0 N–H and O–H groups in total. The molecule has 0 aliphatic heterocycles. The second-order valence-corrected chi connectivity index (χ2v) is 5.93. The lowest BCUT2D eigenvalue weighted by Gasteiger charge is -2.06. The highest BCUT2D eigenvalue weighted by atomic mass is 35.5. The van der Waals surface area contributed by atoms with Gasteiger partial charge in [-0.2, -0.15) is 0 Å². The van der Waals surface area contributed by atoms with Crippen molar-refractivity contribution in [3.63, 3.8) is 0 Å². The van der Waals surface area contributed by atoms with Crippen LogP contribution in [0.25, 0.3) is 0 Å². The fourth-order valence-corrected chi connectivity index (χ4v) is 2.49. The van der Waals surface area contributed by atoms with Gasteiger partial charge in [-0.25, -0.2) is 0 Å². The number of esters is 1. The molecule has 3 nitrogen and oxygen atoms in total. The molecule has 0 amide bonds. The second-order valence-electron chi connectivity index (χ2n) is 5.50. The molecule has 0 fully saturated rings. The molecule has 0 aromatic heterocycles. The van der Waals surface area contributed by atoms with Gasteiger partial charge in [-0.15, -0.1) is 0 Å². The zero-order chi connectivity index (χ0) is 17.6. The van der Waals surface area contributed by atoms with E-state index >= 15 is 0 Å². The van der Waals surface area contributed by atoms with Crippen LogP contribution in [0.3, 0.4) is 0 Å². The van der Waals surface area contributed by atoms with Gasteiger partial charge >= 0.3 is 5.97 Å². The summed E-state index contributed by atoms with van der Waals surface area (Å²) in [6.45, 7) is 0. The van der Waals surface area contributed by atoms with Crippen LogP contribution in [-0.2, 0) is 11.2 Å². The Morgan fingerprint density at radius 1 is 0.760 bits per heavy atom. The summed E-state index contributed by atoms with van der Waals surface area (Å²) >= 11 is 5.82. The molecule has 0 heterocycles. The Bertz CT molecular complexity index is 869.